The summed E-state index contributed by atoms with van der Waals surface area (Å²) in [5.74, 6) is 0.350. The minimum atomic E-state index is -0.186. The third kappa shape index (κ3) is 3.20. The van der Waals surface area contributed by atoms with Crippen LogP contribution >= 0.6 is 0 Å². The van der Waals surface area contributed by atoms with Crippen molar-refractivity contribution < 1.29 is 4.79 Å². The van der Waals surface area contributed by atoms with Crippen LogP contribution in [0.25, 0.3) is 11.5 Å². The van der Waals surface area contributed by atoms with E-state index in [2.05, 4.69) is 25.4 Å². The van der Waals surface area contributed by atoms with Crippen LogP contribution in [0.5, 0.6) is 0 Å². The van der Waals surface area contributed by atoms with Gasteiger partial charge in [0, 0.05) is 30.7 Å². The average Bonchev–Trinajstić information content (AvgIpc) is 3.40. The lowest BCUT2D eigenvalue weighted by atomic mass is 10.1. The number of amides is 1. The molecule has 0 bridgehead atoms. The minimum Gasteiger partial charge on any atom is -0.348 e. The number of pyridine rings is 1. The number of benzene rings is 1. The first-order valence-electron chi connectivity index (χ1n) is 7.97. The van der Waals surface area contributed by atoms with Gasteiger partial charge in [0.15, 0.2) is 5.82 Å². The zero-order chi connectivity index (χ0) is 17.8. The van der Waals surface area contributed by atoms with Crippen molar-refractivity contribution in [3.63, 3.8) is 0 Å². The molecule has 0 saturated carbocycles. The van der Waals surface area contributed by atoms with Crippen molar-refractivity contribution in [3.8, 4) is 11.5 Å². The third-order valence-electron chi connectivity index (χ3n) is 3.87. The van der Waals surface area contributed by atoms with Gasteiger partial charge in [0.2, 0.25) is 0 Å². The van der Waals surface area contributed by atoms with Crippen LogP contribution in [0.1, 0.15) is 15.9 Å². The third-order valence-corrected chi connectivity index (χ3v) is 3.87. The number of carbonyl (C=O) groups excluding carboxylic acids is 1. The molecule has 0 spiro atoms. The van der Waals surface area contributed by atoms with Crippen molar-refractivity contribution in [3.05, 3.63) is 85.1 Å². The van der Waals surface area contributed by atoms with Crippen molar-refractivity contribution in [1.82, 2.24) is 34.6 Å². The highest BCUT2D eigenvalue weighted by atomic mass is 16.1. The number of nitrogens with zero attached hydrogens (tertiary/aromatic N) is 6. The molecule has 8 nitrogen and oxygen atoms in total. The van der Waals surface area contributed by atoms with Gasteiger partial charge in [-0.2, -0.15) is 5.10 Å². The van der Waals surface area contributed by atoms with Crippen LogP contribution in [0.15, 0.2) is 74.0 Å². The quantitative estimate of drug-likeness (QED) is 0.595. The van der Waals surface area contributed by atoms with Gasteiger partial charge in [-0.1, -0.05) is 18.2 Å². The largest absolute Gasteiger partial charge is 0.348 e. The van der Waals surface area contributed by atoms with E-state index >= 15 is 0 Å². The predicted molar refractivity (Wildman–Crippen MR) is 93.9 cm³/mol. The molecular formula is C18H15N7O. The van der Waals surface area contributed by atoms with E-state index in [1.165, 1.54) is 17.3 Å². The van der Waals surface area contributed by atoms with Gasteiger partial charge in [0.05, 0.1) is 12.0 Å². The Labute approximate surface area is 149 Å². The number of carbonyl (C=O) groups is 1. The Morgan fingerprint density at radius 1 is 1.08 bits per heavy atom. The summed E-state index contributed by atoms with van der Waals surface area (Å²) >= 11 is 0. The fourth-order valence-corrected chi connectivity index (χ4v) is 2.60. The molecule has 0 unspecified atom stereocenters. The Balaban J connectivity index is 1.51. The Hall–Kier alpha value is -3.81. The van der Waals surface area contributed by atoms with Crippen molar-refractivity contribution in [2.24, 2.45) is 0 Å². The molecule has 4 aromatic rings. The summed E-state index contributed by atoms with van der Waals surface area (Å²) in [7, 11) is 0. The van der Waals surface area contributed by atoms with Gasteiger partial charge in [-0.15, -0.1) is 0 Å². The van der Waals surface area contributed by atoms with E-state index < -0.39 is 0 Å². The summed E-state index contributed by atoms with van der Waals surface area (Å²) in [6.45, 7) is 0.397. The molecule has 0 aliphatic heterocycles. The maximum absolute atomic E-state index is 12.5. The lowest BCUT2D eigenvalue weighted by Gasteiger charge is -2.11. The molecule has 0 radical (unpaired) electrons. The molecule has 4 rings (SSSR count). The van der Waals surface area contributed by atoms with Crippen molar-refractivity contribution in [2.45, 2.75) is 6.54 Å². The standard InChI is InChI=1S/C18H15N7O/c26-18(14-5-6-21-17(9-14)25-13-20-11-23-25)22-10-15-3-1-2-4-16(15)24-8-7-19-12-24/h1-9,11-13H,10H2,(H,22,26). The highest BCUT2D eigenvalue weighted by Gasteiger charge is 2.10. The fraction of sp³-hybridized carbons (Fsp3) is 0.0556. The summed E-state index contributed by atoms with van der Waals surface area (Å²) in [5.41, 5.74) is 2.47. The molecule has 0 saturated heterocycles. The summed E-state index contributed by atoms with van der Waals surface area (Å²) in [5, 5.41) is 6.97. The molecule has 0 atom stereocenters. The van der Waals surface area contributed by atoms with Crippen molar-refractivity contribution in [1.29, 1.82) is 0 Å². The molecular weight excluding hydrogens is 330 g/mol. The second-order valence-corrected chi connectivity index (χ2v) is 5.52. The maximum atomic E-state index is 12.5. The highest BCUT2D eigenvalue weighted by molar-refractivity contribution is 5.94. The van der Waals surface area contributed by atoms with Gasteiger partial charge in [0.1, 0.15) is 12.7 Å². The Kier molecular flexibility index (Phi) is 4.21. The van der Waals surface area contributed by atoms with Gasteiger partial charge in [0.25, 0.3) is 5.91 Å². The van der Waals surface area contributed by atoms with Crippen LogP contribution in [0.4, 0.5) is 0 Å². The first-order chi connectivity index (χ1) is 12.8. The molecule has 3 aromatic heterocycles. The van der Waals surface area contributed by atoms with Gasteiger partial charge in [-0.25, -0.2) is 19.6 Å². The zero-order valence-electron chi connectivity index (χ0n) is 13.7. The Bertz CT molecular complexity index is 1010. The number of hydrogen-bond donors (Lipinski definition) is 1. The molecule has 0 aliphatic carbocycles. The minimum absolute atomic E-state index is 0.186. The topological polar surface area (TPSA) is 90.5 Å². The first kappa shape index (κ1) is 15.7. The van der Waals surface area contributed by atoms with E-state index in [4.69, 9.17) is 0 Å². The molecule has 0 aliphatic rings. The van der Waals surface area contributed by atoms with Crippen molar-refractivity contribution in [2.75, 3.05) is 0 Å². The zero-order valence-corrected chi connectivity index (χ0v) is 13.7. The fourth-order valence-electron chi connectivity index (χ4n) is 2.60. The predicted octanol–water partition coefficient (Wildman–Crippen LogP) is 1.78. The van der Waals surface area contributed by atoms with Crippen LogP contribution < -0.4 is 5.32 Å². The summed E-state index contributed by atoms with van der Waals surface area (Å²) in [6, 6.07) is 11.2. The SMILES string of the molecule is O=C(NCc1ccccc1-n1ccnc1)c1ccnc(-n2cncn2)c1. The molecule has 26 heavy (non-hydrogen) atoms. The Morgan fingerprint density at radius 2 is 2.00 bits per heavy atom. The first-order valence-corrected chi connectivity index (χ1v) is 7.97. The normalized spacial score (nSPS) is 10.6. The smallest absolute Gasteiger partial charge is 0.251 e. The summed E-state index contributed by atoms with van der Waals surface area (Å²) in [4.78, 5) is 24.7. The maximum Gasteiger partial charge on any atom is 0.251 e. The second-order valence-electron chi connectivity index (χ2n) is 5.52. The summed E-state index contributed by atoms with van der Waals surface area (Å²) in [6.07, 6.45) is 9.85. The highest BCUT2D eigenvalue weighted by Crippen LogP contribution is 2.14. The number of nitrogens with one attached hydrogen (secondary N) is 1. The van der Waals surface area contributed by atoms with E-state index in [1.54, 1.807) is 30.9 Å². The molecule has 1 N–H and O–H groups in total. The molecule has 8 heteroatoms. The van der Waals surface area contributed by atoms with Gasteiger partial charge in [-0.3, -0.25) is 4.79 Å². The van der Waals surface area contributed by atoms with Crippen LogP contribution in [0, 0.1) is 0 Å². The van der Waals surface area contributed by atoms with Crippen LogP contribution in [-0.2, 0) is 6.54 Å². The van der Waals surface area contributed by atoms with Gasteiger partial charge < -0.3 is 9.88 Å². The Morgan fingerprint density at radius 3 is 2.81 bits per heavy atom. The van der Waals surface area contributed by atoms with E-state index in [-0.39, 0.29) is 5.91 Å². The average molecular weight is 345 g/mol. The van der Waals surface area contributed by atoms with E-state index in [0.29, 0.717) is 17.9 Å². The number of hydrogen-bond acceptors (Lipinski definition) is 5. The molecule has 128 valence electrons. The lowest BCUT2D eigenvalue weighted by molar-refractivity contribution is 0.0951. The lowest BCUT2D eigenvalue weighted by Crippen LogP contribution is -2.23. The molecule has 0 fully saturated rings. The molecule has 3 heterocycles. The second kappa shape index (κ2) is 6.98. The van der Waals surface area contributed by atoms with Crippen molar-refractivity contribution >= 4 is 5.91 Å². The van der Waals surface area contributed by atoms with Gasteiger partial charge >= 0.3 is 0 Å². The van der Waals surface area contributed by atoms with Crippen LogP contribution in [0.3, 0.4) is 0 Å². The summed E-state index contributed by atoms with van der Waals surface area (Å²) < 4.78 is 3.42. The van der Waals surface area contributed by atoms with Crippen LogP contribution in [-0.4, -0.2) is 35.2 Å². The van der Waals surface area contributed by atoms with E-state index in [0.717, 1.165) is 11.3 Å². The monoisotopic (exact) mass is 345 g/mol. The number of aromatic nitrogens is 6. The van der Waals surface area contributed by atoms with E-state index in [1.807, 2.05) is 35.0 Å². The van der Waals surface area contributed by atoms with Gasteiger partial charge in [-0.05, 0) is 23.8 Å². The van der Waals surface area contributed by atoms with Crippen LogP contribution in [0.2, 0.25) is 0 Å². The molecule has 1 amide bonds. The number of rotatable bonds is 5. The molecule has 1 aromatic carbocycles. The number of imidazole rings is 1. The number of para-hydroxylation sites is 1. The van der Waals surface area contributed by atoms with E-state index in [9.17, 15) is 4.79 Å².